The molecule has 1 aromatic heterocycles. The third-order valence-corrected chi connectivity index (χ3v) is 5.66. The molecule has 178 valence electrons. The van der Waals surface area contributed by atoms with Crippen LogP contribution in [0.25, 0.3) is 10.9 Å². The number of hydrogen-bond acceptors (Lipinski definition) is 6. The van der Waals surface area contributed by atoms with Crippen molar-refractivity contribution < 1.29 is 19.0 Å². The van der Waals surface area contributed by atoms with Gasteiger partial charge in [-0.05, 0) is 61.6 Å². The summed E-state index contributed by atoms with van der Waals surface area (Å²) in [5.41, 5.74) is 2.87. The molecule has 9 heteroatoms. The minimum atomic E-state index is -0.301. The molecule has 1 amide bonds. The Labute approximate surface area is 213 Å². The lowest BCUT2D eigenvalue weighted by atomic mass is 10.1. The Morgan fingerprint density at radius 1 is 0.914 bits per heavy atom. The number of amides is 1. The van der Waals surface area contributed by atoms with Gasteiger partial charge >= 0.3 is 0 Å². The van der Waals surface area contributed by atoms with Gasteiger partial charge in [-0.15, -0.1) is 0 Å². The van der Waals surface area contributed by atoms with E-state index in [4.69, 9.17) is 38.0 Å². The first-order valence-corrected chi connectivity index (χ1v) is 11.3. The van der Waals surface area contributed by atoms with Crippen LogP contribution in [0.2, 0.25) is 5.02 Å². The van der Waals surface area contributed by atoms with E-state index in [1.165, 1.54) is 0 Å². The van der Waals surface area contributed by atoms with E-state index in [-0.39, 0.29) is 11.0 Å². The van der Waals surface area contributed by atoms with Crippen LogP contribution in [0, 0.1) is 6.92 Å². The number of rotatable bonds is 6. The van der Waals surface area contributed by atoms with Crippen LogP contribution in [0.4, 0.5) is 5.69 Å². The summed E-state index contributed by atoms with van der Waals surface area (Å²) in [6.07, 6.45) is 1.64. The summed E-state index contributed by atoms with van der Waals surface area (Å²) < 4.78 is 16.8. The number of benzene rings is 3. The highest BCUT2D eigenvalue weighted by molar-refractivity contribution is 7.80. The van der Waals surface area contributed by atoms with Crippen LogP contribution in [0.15, 0.2) is 66.9 Å². The fourth-order valence-electron chi connectivity index (χ4n) is 3.36. The van der Waals surface area contributed by atoms with Gasteiger partial charge in [0, 0.05) is 28.9 Å². The predicted octanol–water partition coefficient (Wildman–Crippen LogP) is 6.13. The first-order chi connectivity index (χ1) is 16.9. The van der Waals surface area contributed by atoms with Crippen molar-refractivity contribution in [2.75, 3.05) is 19.5 Å². The number of nitrogens with one attached hydrogen (secondary N) is 2. The van der Waals surface area contributed by atoms with Crippen molar-refractivity contribution in [3.63, 3.8) is 0 Å². The molecule has 35 heavy (non-hydrogen) atoms. The zero-order valence-electron chi connectivity index (χ0n) is 19.2. The standard InChI is InChI=1S/C26H22ClN3O4S/c1-15-4-6-16(7-5-15)25(31)30-26(35)29-17-8-9-22(19(27)12-17)34-21-10-11-28-20-14-24(33-3)23(32-2)13-18(20)21/h4-14H,1-3H3,(H2,29,30,31,35). The molecule has 0 atom stereocenters. The number of halogens is 1. The fourth-order valence-corrected chi connectivity index (χ4v) is 3.79. The molecule has 0 radical (unpaired) electrons. The van der Waals surface area contributed by atoms with Gasteiger partial charge < -0.3 is 19.5 Å². The van der Waals surface area contributed by atoms with Crippen LogP contribution in [0.1, 0.15) is 15.9 Å². The van der Waals surface area contributed by atoms with Crippen molar-refractivity contribution in [2.45, 2.75) is 6.92 Å². The third kappa shape index (κ3) is 5.62. The average Bonchev–Trinajstić information content (AvgIpc) is 2.85. The topological polar surface area (TPSA) is 81.7 Å². The SMILES string of the molecule is COc1cc2nccc(Oc3ccc(NC(=S)NC(=O)c4ccc(C)cc4)cc3Cl)c2cc1OC. The molecule has 0 spiro atoms. The first kappa shape index (κ1) is 24.3. The molecule has 0 bridgehead atoms. The number of fused-ring (bicyclic) bond motifs is 1. The molecule has 0 saturated carbocycles. The first-order valence-electron chi connectivity index (χ1n) is 10.5. The Morgan fingerprint density at radius 3 is 2.31 bits per heavy atom. The molecule has 0 aliphatic rings. The van der Waals surface area contributed by atoms with E-state index in [0.717, 1.165) is 10.9 Å². The van der Waals surface area contributed by atoms with Crippen molar-refractivity contribution in [3.8, 4) is 23.0 Å². The number of carbonyl (C=O) groups is 1. The third-order valence-electron chi connectivity index (χ3n) is 5.16. The number of anilines is 1. The van der Waals surface area contributed by atoms with Gasteiger partial charge in [0.15, 0.2) is 16.6 Å². The van der Waals surface area contributed by atoms with Crippen LogP contribution < -0.4 is 24.8 Å². The maximum absolute atomic E-state index is 12.4. The Morgan fingerprint density at radius 2 is 1.63 bits per heavy atom. The van der Waals surface area contributed by atoms with E-state index in [1.807, 2.05) is 19.1 Å². The van der Waals surface area contributed by atoms with Gasteiger partial charge in [-0.25, -0.2) is 0 Å². The normalized spacial score (nSPS) is 10.5. The molecule has 0 fully saturated rings. The van der Waals surface area contributed by atoms with Gasteiger partial charge in [-0.2, -0.15) is 0 Å². The highest BCUT2D eigenvalue weighted by atomic mass is 35.5. The summed E-state index contributed by atoms with van der Waals surface area (Å²) in [6.45, 7) is 1.95. The van der Waals surface area contributed by atoms with Crippen molar-refractivity contribution in [2.24, 2.45) is 0 Å². The lowest BCUT2D eigenvalue weighted by molar-refractivity contribution is 0.0977. The Kier molecular flexibility index (Phi) is 7.33. The van der Waals surface area contributed by atoms with Crippen LogP contribution in [-0.4, -0.2) is 30.2 Å². The second-order valence-electron chi connectivity index (χ2n) is 7.55. The fraction of sp³-hybridized carbons (Fsp3) is 0.115. The van der Waals surface area contributed by atoms with Crippen molar-refractivity contribution in [1.82, 2.24) is 10.3 Å². The van der Waals surface area contributed by atoms with Crippen molar-refractivity contribution in [3.05, 3.63) is 83.0 Å². The number of carbonyl (C=O) groups excluding carboxylic acids is 1. The van der Waals surface area contributed by atoms with Gasteiger partial charge in [-0.3, -0.25) is 15.1 Å². The van der Waals surface area contributed by atoms with E-state index in [1.54, 1.807) is 68.9 Å². The Hall–Kier alpha value is -3.88. The molecule has 0 aliphatic heterocycles. The number of aryl methyl sites for hydroxylation is 1. The van der Waals surface area contributed by atoms with E-state index < -0.39 is 0 Å². The van der Waals surface area contributed by atoms with E-state index in [2.05, 4.69) is 15.6 Å². The Bertz CT molecular complexity index is 1410. The molecular formula is C26H22ClN3O4S. The summed E-state index contributed by atoms with van der Waals surface area (Å²) in [4.78, 5) is 16.7. The number of ether oxygens (including phenoxy) is 3. The van der Waals surface area contributed by atoms with Gasteiger partial charge in [0.05, 0.1) is 24.8 Å². The molecule has 3 aromatic carbocycles. The molecular weight excluding hydrogens is 486 g/mol. The molecule has 1 heterocycles. The molecule has 0 saturated heterocycles. The van der Waals surface area contributed by atoms with E-state index in [0.29, 0.717) is 44.8 Å². The lowest BCUT2D eigenvalue weighted by Crippen LogP contribution is -2.34. The van der Waals surface area contributed by atoms with Crippen molar-refractivity contribution in [1.29, 1.82) is 0 Å². The molecule has 0 unspecified atom stereocenters. The maximum Gasteiger partial charge on any atom is 0.257 e. The van der Waals surface area contributed by atoms with Crippen LogP contribution in [0.3, 0.4) is 0 Å². The number of hydrogen-bond donors (Lipinski definition) is 2. The Balaban J connectivity index is 1.48. The summed E-state index contributed by atoms with van der Waals surface area (Å²) in [6, 6.07) is 17.7. The second kappa shape index (κ2) is 10.6. The lowest BCUT2D eigenvalue weighted by Gasteiger charge is -2.14. The highest BCUT2D eigenvalue weighted by Gasteiger charge is 2.13. The highest BCUT2D eigenvalue weighted by Crippen LogP contribution is 2.38. The zero-order chi connectivity index (χ0) is 24.9. The van der Waals surface area contributed by atoms with Crippen molar-refractivity contribution >= 4 is 51.4 Å². The minimum Gasteiger partial charge on any atom is -0.493 e. The average molecular weight is 508 g/mol. The van der Waals surface area contributed by atoms with Gasteiger partial charge in [0.25, 0.3) is 5.91 Å². The van der Waals surface area contributed by atoms with Gasteiger partial charge in [-0.1, -0.05) is 29.3 Å². The quantitative estimate of drug-likeness (QED) is 0.304. The zero-order valence-corrected chi connectivity index (χ0v) is 20.8. The van der Waals surface area contributed by atoms with Crippen LogP contribution in [-0.2, 0) is 0 Å². The minimum absolute atomic E-state index is 0.154. The largest absolute Gasteiger partial charge is 0.493 e. The molecule has 4 rings (SSSR count). The molecule has 4 aromatic rings. The molecule has 2 N–H and O–H groups in total. The summed E-state index contributed by atoms with van der Waals surface area (Å²) in [7, 11) is 3.13. The number of thiocarbonyl (C=S) groups is 1. The van der Waals surface area contributed by atoms with Gasteiger partial charge in [0.1, 0.15) is 11.5 Å². The summed E-state index contributed by atoms with van der Waals surface area (Å²) >= 11 is 11.8. The van der Waals surface area contributed by atoms with E-state index >= 15 is 0 Å². The number of nitrogens with zero attached hydrogens (tertiary/aromatic N) is 1. The smallest absolute Gasteiger partial charge is 0.257 e. The van der Waals surface area contributed by atoms with Crippen LogP contribution in [0.5, 0.6) is 23.0 Å². The molecule has 7 nitrogen and oxygen atoms in total. The monoisotopic (exact) mass is 507 g/mol. The predicted molar refractivity (Wildman–Crippen MR) is 141 cm³/mol. The number of aromatic nitrogens is 1. The number of methoxy groups -OCH3 is 2. The van der Waals surface area contributed by atoms with Gasteiger partial charge in [0.2, 0.25) is 0 Å². The summed E-state index contributed by atoms with van der Waals surface area (Å²) in [5.74, 6) is 1.83. The van der Waals surface area contributed by atoms with Crippen LogP contribution >= 0.6 is 23.8 Å². The molecule has 0 aliphatic carbocycles. The maximum atomic E-state index is 12.4. The second-order valence-corrected chi connectivity index (χ2v) is 8.37. The summed E-state index contributed by atoms with van der Waals surface area (Å²) in [5, 5.41) is 6.87. The number of pyridine rings is 1. The van der Waals surface area contributed by atoms with E-state index in [9.17, 15) is 4.79 Å².